The second-order valence-electron chi connectivity index (χ2n) is 3.26. The Bertz CT molecular complexity index is 160. The fourth-order valence-corrected chi connectivity index (χ4v) is 1.28. The minimum absolute atomic E-state index is 0.0813. The lowest BCUT2D eigenvalue weighted by Crippen LogP contribution is -2.51. The van der Waals surface area contributed by atoms with Gasteiger partial charge in [0.15, 0.2) is 0 Å². The van der Waals surface area contributed by atoms with Crippen LogP contribution in [0.2, 0.25) is 0 Å². The number of rotatable bonds is 4. The number of nitrogens with one attached hydrogen (secondary N) is 2. The van der Waals surface area contributed by atoms with E-state index < -0.39 is 0 Å². The molecule has 0 aromatic heterocycles. The second kappa shape index (κ2) is 4.42. The minimum Gasteiger partial charge on any atom is -0.353 e. The summed E-state index contributed by atoms with van der Waals surface area (Å²) in [5.74, 6) is 0.0813. The molecule has 0 aromatic rings. The molecule has 12 heavy (non-hydrogen) atoms. The Morgan fingerprint density at radius 3 is 2.83 bits per heavy atom. The summed E-state index contributed by atoms with van der Waals surface area (Å²) in [7, 11) is 3.85. The number of amides is 1. The van der Waals surface area contributed by atoms with Gasteiger partial charge in [-0.25, -0.2) is 0 Å². The third-order valence-corrected chi connectivity index (χ3v) is 2.31. The van der Waals surface area contributed by atoms with Gasteiger partial charge in [-0.3, -0.25) is 4.79 Å². The lowest BCUT2D eigenvalue weighted by molar-refractivity contribution is -0.120. The van der Waals surface area contributed by atoms with E-state index >= 15 is 0 Å². The molecule has 1 amide bonds. The first kappa shape index (κ1) is 9.48. The van der Waals surface area contributed by atoms with Crippen molar-refractivity contribution in [3.05, 3.63) is 0 Å². The van der Waals surface area contributed by atoms with Gasteiger partial charge in [-0.2, -0.15) is 0 Å². The van der Waals surface area contributed by atoms with Crippen LogP contribution in [0.15, 0.2) is 0 Å². The van der Waals surface area contributed by atoms with Crippen molar-refractivity contribution in [3.8, 4) is 0 Å². The Morgan fingerprint density at radius 1 is 1.67 bits per heavy atom. The molecule has 1 fully saturated rings. The van der Waals surface area contributed by atoms with Gasteiger partial charge in [-0.1, -0.05) is 0 Å². The molecule has 1 rings (SSSR count). The van der Waals surface area contributed by atoms with E-state index in [4.69, 9.17) is 0 Å². The predicted octanol–water partition coefficient (Wildman–Crippen LogP) is -0.974. The van der Waals surface area contributed by atoms with Crippen LogP contribution in [0, 0.1) is 0 Å². The Balaban J connectivity index is 2.04. The van der Waals surface area contributed by atoms with Crippen LogP contribution in [-0.4, -0.2) is 50.6 Å². The van der Waals surface area contributed by atoms with Crippen LogP contribution in [0.1, 0.15) is 6.42 Å². The van der Waals surface area contributed by atoms with Gasteiger partial charge in [0.25, 0.3) is 0 Å². The van der Waals surface area contributed by atoms with Crippen molar-refractivity contribution >= 4 is 5.91 Å². The molecule has 1 unspecified atom stereocenters. The number of carbonyl (C=O) groups excluding carboxylic acids is 1. The summed E-state index contributed by atoms with van der Waals surface area (Å²) < 4.78 is 0. The zero-order chi connectivity index (χ0) is 8.97. The summed E-state index contributed by atoms with van der Waals surface area (Å²) in [5, 5.41) is 5.69. The lowest BCUT2D eigenvalue weighted by atomic mass is 10.1. The van der Waals surface area contributed by atoms with E-state index in [9.17, 15) is 4.79 Å². The molecule has 0 aliphatic carbocycles. The molecule has 1 aliphatic heterocycles. The Kier molecular flexibility index (Phi) is 3.49. The summed E-state index contributed by atoms with van der Waals surface area (Å²) in [4.78, 5) is 13.3. The van der Waals surface area contributed by atoms with Crippen molar-refractivity contribution in [2.75, 3.05) is 33.7 Å². The number of likely N-dealkylation sites (N-methyl/N-ethyl adjacent to an activating group) is 2. The highest BCUT2D eigenvalue weighted by molar-refractivity contribution is 5.77. The molecule has 2 N–H and O–H groups in total. The fraction of sp³-hybridized carbons (Fsp3) is 0.875. The topological polar surface area (TPSA) is 44.4 Å². The van der Waals surface area contributed by atoms with Crippen molar-refractivity contribution in [1.29, 1.82) is 0 Å². The van der Waals surface area contributed by atoms with Crippen molar-refractivity contribution in [3.63, 3.8) is 0 Å². The molecule has 0 aromatic carbocycles. The molecule has 4 nitrogen and oxygen atoms in total. The molecule has 1 heterocycles. The minimum atomic E-state index is 0.0813. The van der Waals surface area contributed by atoms with E-state index in [0.717, 1.165) is 13.1 Å². The van der Waals surface area contributed by atoms with Gasteiger partial charge in [0.1, 0.15) is 0 Å². The fourth-order valence-electron chi connectivity index (χ4n) is 1.28. The first-order chi connectivity index (χ1) is 5.74. The van der Waals surface area contributed by atoms with Crippen molar-refractivity contribution in [1.82, 2.24) is 15.5 Å². The molecular weight excluding hydrogens is 154 g/mol. The third kappa shape index (κ3) is 2.46. The van der Waals surface area contributed by atoms with Crippen molar-refractivity contribution in [2.45, 2.75) is 12.5 Å². The molecule has 1 saturated heterocycles. The van der Waals surface area contributed by atoms with E-state index in [1.165, 1.54) is 6.42 Å². The van der Waals surface area contributed by atoms with Gasteiger partial charge >= 0.3 is 0 Å². The monoisotopic (exact) mass is 171 g/mol. The van der Waals surface area contributed by atoms with E-state index in [-0.39, 0.29) is 5.91 Å². The first-order valence-corrected chi connectivity index (χ1v) is 4.35. The maximum atomic E-state index is 11.0. The number of hydrogen-bond donors (Lipinski definition) is 2. The summed E-state index contributed by atoms with van der Waals surface area (Å²) in [6.07, 6.45) is 1.20. The summed E-state index contributed by atoms with van der Waals surface area (Å²) in [5.41, 5.74) is 0. The Morgan fingerprint density at radius 2 is 2.42 bits per heavy atom. The van der Waals surface area contributed by atoms with Crippen LogP contribution in [0.3, 0.4) is 0 Å². The van der Waals surface area contributed by atoms with Crippen molar-refractivity contribution in [2.24, 2.45) is 0 Å². The largest absolute Gasteiger partial charge is 0.353 e. The maximum Gasteiger partial charge on any atom is 0.234 e. The Labute approximate surface area is 73.3 Å². The summed E-state index contributed by atoms with van der Waals surface area (Å²) in [6.45, 7) is 2.36. The van der Waals surface area contributed by atoms with Crippen LogP contribution in [-0.2, 0) is 4.79 Å². The molecule has 1 aliphatic rings. The van der Waals surface area contributed by atoms with Gasteiger partial charge in [-0.15, -0.1) is 0 Å². The molecule has 0 bridgehead atoms. The molecule has 1 atom stereocenters. The highest BCUT2D eigenvalue weighted by Crippen LogP contribution is 2.12. The second-order valence-corrected chi connectivity index (χ2v) is 3.26. The highest BCUT2D eigenvalue weighted by atomic mass is 16.1. The highest BCUT2D eigenvalue weighted by Gasteiger charge is 2.23. The van der Waals surface area contributed by atoms with E-state index in [1.54, 1.807) is 7.05 Å². The van der Waals surface area contributed by atoms with Gasteiger partial charge in [0, 0.05) is 12.6 Å². The molecule has 70 valence electrons. The molecule has 0 saturated carbocycles. The van der Waals surface area contributed by atoms with Crippen molar-refractivity contribution < 1.29 is 4.79 Å². The van der Waals surface area contributed by atoms with E-state index in [2.05, 4.69) is 22.6 Å². The van der Waals surface area contributed by atoms with E-state index in [1.807, 2.05) is 0 Å². The van der Waals surface area contributed by atoms with E-state index in [0.29, 0.717) is 12.6 Å². The van der Waals surface area contributed by atoms with Crippen LogP contribution < -0.4 is 10.6 Å². The molecular formula is C8H17N3O. The average Bonchev–Trinajstić information content (AvgIpc) is 2.03. The first-order valence-electron chi connectivity index (χ1n) is 4.35. The van der Waals surface area contributed by atoms with Crippen LogP contribution in [0.4, 0.5) is 0 Å². The van der Waals surface area contributed by atoms with Gasteiger partial charge in [-0.05, 0) is 27.1 Å². The lowest BCUT2D eigenvalue weighted by Gasteiger charge is -2.37. The number of likely N-dealkylation sites (tertiary alicyclic amines) is 1. The molecule has 0 spiro atoms. The number of hydrogen-bond acceptors (Lipinski definition) is 3. The van der Waals surface area contributed by atoms with Gasteiger partial charge in [0.05, 0.1) is 6.54 Å². The Hall–Kier alpha value is -0.610. The normalized spacial score (nSPS) is 23.3. The number of carbonyl (C=O) groups is 1. The zero-order valence-electron chi connectivity index (χ0n) is 7.76. The van der Waals surface area contributed by atoms with Gasteiger partial charge in [0.2, 0.25) is 5.91 Å². The van der Waals surface area contributed by atoms with Crippen LogP contribution in [0.25, 0.3) is 0 Å². The molecule has 4 heteroatoms. The third-order valence-electron chi connectivity index (χ3n) is 2.31. The quantitative estimate of drug-likeness (QED) is 0.572. The SMILES string of the molecule is CNCC(=O)NCC1CCN1C. The predicted molar refractivity (Wildman–Crippen MR) is 48.0 cm³/mol. The summed E-state index contributed by atoms with van der Waals surface area (Å²) >= 11 is 0. The standard InChI is InChI=1S/C8H17N3O/c1-9-6-8(12)10-5-7-3-4-11(7)2/h7,9H,3-6H2,1-2H3,(H,10,12). The number of nitrogens with zero attached hydrogens (tertiary/aromatic N) is 1. The zero-order valence-corrected chi connectivity index (χ0v) is 7.76. The average molecular weight is 171 g/mol. The van der Waals surface area contributed by atoms with Gasteiger partial charge < -0.3 is 15.5 Å². The van der Waals surface area contributed by atoms with Crippen LogP contribution >= 0.6 is 0 Å². The van der Waals surface area contributed by atoms with Crippen LogP contribution in [0.5, 0.6) is 0 Å². The maximum absolute atomic E-state index is 11.0. The summed E-state index contributed by atoms with van der Waals surface area (Å²) in [6, 6.07) is 0.561. The molecule has 0 radical (unpaired) electrons. The smallest absolute Gasteiger partial charge is 0.234 e.